The fraction of sp³-hybridized carbons (Fsp3) is 0.429. The highest BCUT2D eigenvalue weighted by molar-refractivity contribution is 8.05. The van der Waals surface area contributed by atoms with Crippen LogP contribution in [0.5, 0.6) is 0 Å². The van der Waals surface area contributed by atoms with Crippen molar-refractivity contribution < 1.29 is 4.55 Å². The number of nitrogens with zero attached hydrogens (tertiary/aromatic N) is 2. The van der Waals surface area contributed by atoms with Crippen LogP contribution in [0.1, 0.15) is 6.92 Å². The molecule has 0 saturated carbocycles. The predicted octanol–water partition coefficient (Wildman–Crippen LogP) is 0.366. The molecular weight excluding hydrogens is 174 g/mol. The molecule has 0 saturated heterocycles. The van der Waals surface area contributed by atoms with Crippen LogP contribution in [-0.4, -0.2) is 22.0 Å². The molecule has 5 heteroatoms. The maximum absolute atomic E-state index is 10.9. The maximum atomic E-state index is 10.9. The number of hydrogen-bond acceptors (Lipinski definition) is 3. The zero-order valence-corrected chi connectivity index (χ0v) is 7.89. The molecule has 4 nitrogen and oxygen atoms in total. The highest BCUT2D eigenvalue weighted by Gasteiger charge is 2.12. The summed E-state index contributed by atoms with van der Waals surface area (Å²) in [4.78, 5) is 3.73. The predicted molar refractivity (Wildman–Crippen MR) is 49.9 cm³/mol. The van der Waals surface area contributed by atoms with E-state index in [0.717, 1.165) is 0 Å². The van der Waals surface area contributed by atoms with Crippen molar-refractivity contribution in [1.29, 1.82) is 5.26 Å². The van der Waals surface area contributed by atoms with Gasteiger partial charge in [0.1, 0.15) is 12.3 Å². The quantitative estimate of drug-likeness (QED) is 0.384. The van der Waals surface area contributed by atoms with Crippen molar-refractivity contribution in [3.05, 3.63) is 12.8 Å². The largest absolute Gasteiger partial charge is 0.609 e. The van der Waals surface area contributed by atoms with Crippen LogP contribution < -0.4 is 5.32 Å². The van der Waals surface area contributed by atoms with Crippen LogP contribution in [0, 0.1) is 11.3 Å². The van der Waals surface area contributed by atoms with Crippen molar-refractivity contribution in [2.45, 2.75) is 13.0 Å². The molecule has 0 rings (SSSR count). The fourth-order valence-corrected chi connectivity index (χ4v) is 1.06. The van der Waals surface area contributed by atoms with Crippen LogP contribution in [0.25, 0.3) is 0 Å². The molecule has 0 fully saturated rings. The number of aliphatic imine (C=N–C) groups is 1. The summed E-state index contributed by atoms with van der Waals surface area (Å²) >= 11 is -1.21. The van der Waals surface area contributed by atoms with Crippen molar-refractivity contribution in [3.63, 3.8) is 0 Å². The van der Waals surface area contributed by atoms with Crippen molar-refractivity contribution >= 4 is 16.3 Å². The average Bonchev–Trinajstić information content (AvgIpc) is 2.03. The fourth-order valence-electron chi connectivity index (χ4n) is 0.495. The summed E-state index contributed by atoms with van der Waals surface area (Å²) in [5.74, 6) is 0. The van der Waals surface area contributed by atoms with Crippen molar-refractivity contribution in [2.24, 2.45) is 4.99 Å². The van der Waals surface area contributed by atoms with Crippen LogP contribution in [0.2, 0.25) is 0 Å². The molecule has 2 atom stereocenters. The molecule has 1 N–H and O–H groups in total. The van der Waals surface area contributed by atoms with Gasteiger partial charge in [0, 0.05) is 17.4 Å². The smallest absolute Gasteiger partial charge is 0.317 e. The Bertz CT molecular complexity index is 219. The van der Waals surface area contributed by atoms with E-state index in [1.165, 1.54) is 12.5 Å². The van der Waals surface area contributed by atoms with Crippen LogP contribution in [0.15, 0.2) is 17.8 Å². The van der Waals surface area contributed by atoms with Gasteiger partial charge in [0.15, 0.2) is 0 Å². The van der Waals surface area contributed by atoms with E-state index in [2.05, 4.69) is 16.9 Å². The third-order valence-corrected chi connectivity index (χ3v) is 1.78. The summed E-state index contributed by atoms with van der Waals surface area (Å²) < 4.78 is 10.9. The van der Waals surface area contributed by atoms with Crippen molar-refractivity contribution in [3.8, 4) is 6.07 Å². The molecule has 0 aromatic rings. The summed E-state index contributed by atoms with van der Waals surface area (Å²) in [6.07, 6.45) is 2.77. The summed E-state index contributed by atoms with van der Waals surface area (Å²) in [5.41, 5.74) is 0. The minimum absolute atomic E-state index is 0.277. The Morgan fingerprint density at radius 1 is 1.92 bits per heavy atom. The van der Waals surface area contributed by atoms with E-state index < -0.39 is 17.2 Å². The van der Waals surface area contributed by atoms with Crippen molar-refractivity contribution in [1.82, 2.24) is 5.32 Å². The van der Waals surface area contributed by atoms with Gasteiger partial charge in [-0.15, -0.1) is 0 Å². The van der Waals surface area contributed by atoms with Gasteiger partial charge in [0.25, 0.3) is 0 Å². The van der Waals surface area contributed by atoms with E-state index in [0.29, 0.717) is 0 Å². The van der Waals surface area contributed by atoms with Gasteiger partial charge in [0.05, 0.1) is 6.07 Å². The summed E-state index contributed by atoms with van der Waals surface area (Å²) in [7, 11) is 0. The lowest BCUT2D eigenvalue weighted by Gasteiger charge is -2.09. The van der Waals surface area contributed by atoms with Gasteiger partial charge in [-0.1, -0.05) is 6.58 Å². The molecule has 0 aromatic heterocycles. The third kappa shape index (κ3) is 4.01. The molecule has 0 aliphatic rings. The Morgan fingerprint density at radius 2 is 2.50 bits per heavy atom. The monoisotopic (exact) mass is 185 g/mol. The highest BCUT2D eigenvalue weighted by Crippen LogP contribution is 1.90. The van der Waals surface area contributed by atoms with E-state index >= 15 is 0 Å². The molecule has 66 valence electrons. The van der Waals surface area contributed by atoms with Crippen molar-refractivity contribution in [2.75, 3.05) is 6.26 Å². The molecule has 0 aliphatic carbocycles. The van der Waals surface area contributed by atoms with Gasteiger partial charge in [0.2, 0.25) is 0 Å². The molecule has 0 bridgehead atoms. The summed E-state index contributed by atoms with van der Waals surface area (Å²) in [6.45, 7) is 5.03. The van der Waals surface area contributed by atoms with Crippen LogP contribution in [0.4, 0.5) is 0 Å². The Labute approximate surface area is 75.2 Å². The second kappa shape index (κ2) is 5.63. The number of rotatable bonds is 2. The molecule has 0 aromatic carbocycles. The Hall–Kier alpha value is -0.990. The lowest BCUT2D eigenvalue weighted by molar-refractivity contribution is 0.609. The van der Waals surface area contributed by atoms with E-state index in [1.54, 1.807) is 6.92 Å². The second-order valence-corrected chi connectivity index (χ2v) is 3.36. The Morgan fingerprint density at radius 3 is 2.83 bits per heavy atom. The molecular formula is C7H11N3OS. The number of nitrogens with one attached hydrogen (secondary N) is 1. The lowest BCUT2D eigenvalue weighted by Crippen LogP contribution is -2.36. The molecule has 0 aliphatic heterocycles. The summed E-state index contributed by atoms with van der Waals surface area (Å²) in [6, 6.07) is 1.55. The lowest BCUT2D eigenvalue weighted by atomic mass is 10.4. The maximum Gasteiger partial charge on any atom is 0.317 e. The molecule has 12 heavy (non-hydrogen) atoms. The standard InChI is InChI=1S/C7H11N3OS/c1-4-9-7(12(3)11)10-6(2)5-8/h4,6H,1H2,2-3H3,(H,9,10). The first-order valence-corrected chi connectivity index (χ1v) is 4.86. The number of hydrogen-bond donors (Lipinski definition) is 1. The van der Waals surface area contributed by atoms with E-state index in [-0.39, 0.29) is 5.17 Å². The molecule has 0 radical (unpaired) electrons. The van der Waals surface area contributed by atoms with E-state index in [9.17, 15) is 4.55 Å². The number of amidine groups is 1. The van der Waals surface area contributed by atoms with Gasteiger partial charge in [-0.25, -0.2) is 0 Å². The average molecular weight is 185 g/mol. The van der Waals surface area contributed by atoms with Gasteiger partial charge in [-0.05, 0) is 6.92 Å². The topological polar surface area (TPSA) is 71.2 Å². The molecule has 0 amide bonds. The van der Waals surface area contributed by atoms with Crippen LogP contribution in [0.3, 0.4) is 0 Å². The van der Waals surface area contributed by atoms with Gasteiger partial charge in [-0.2, -0.15) is 10.3 Å². The van der Waals surface area contributed by atoms with E-state index in [4.69, 9.17) is 5.26 Å². The highest BCUT2D eigenvalue weighted by atomic mass is 32.2. The second-order valence-electron chi connectivity index (χ2n) is 2.07. The van der Waals surface area contributed by atoms with Crippen LogP contribution >= 0.6 is 0 Å². The minimum Gasteiger partial charge on any atom is -0.609 e. The third-order valence-electron chi connectivity index (χ3n) is 1.01. The molecule has 0 heterocycles. The van der Waals surface area contributed by atoms with Gasteiger partial charge >= 0.3 is 5.17 Å². The molecule has 0 spiro atoms. The zero-order valence-electron chi connectivity index (χ0n) is 7.07. The normalized spacial score (nSPS) is 16.0. The van der Waals surface area contributed by atoms with Crippen LogP contribution in [-0.2, 0) is 11.2 Å². The van der Waals surface area contributed by atoms with Gasteiger partial charge in [-0.3, -0.25) is 0 Å². The molecule has 2 unspecified atom stereocenters. The minimum atomic E-state index is -1.21. The first-order chi connectivity index (χ1) is 5.61. The summed E-state index contributed by atoms with van der Waals surface area (Å²) in [5, 5.41) is 11.4. The van der Waals surface area contributed by atoms with E-state index in [1.807, 2.05) is 6.07 Å². The Balaban J connectivity index is 4.26. The number of nitriles is 1. The zero-order chi connectivity index (χ0) is 9.56. The SMILES string of the molecule is C=C/N=C(\NC(C)C#N)[S+](C)[O-]. The Kier molecular flexibility index (Phi) is 5.17. The first kappa shape index (κ1) is 11.0. The first-order valence-electron chi connectivity index (χ1n) is 3.30. The van der Waals surface area contributed by atoms with Gasteiger partial charge < -0.3 is 9.87 Å².